The van der Waals surface area contributed by atoms with Crippen molar-refractivity contribution in [3.8, 4) is 11.5 Å². The smallest absolute Gasteiger partial charge is 0.268 e. The lowest BCUT2D eigenvalue weighted by atomic mass is 10.1. The first kappa shape index (κ1) is 22.0. The second-order valence-corrected chi connectivity index (χ2v) is 6.84. The van der Waals surface area contributed by atoms with Crippen molar-refractivity contribution in [3.05, 3.63) is 88.5 Å². The highest BCUT2D eigenvalue weighted by atomic mass is 35.5. The van der Waals surface area contributed by atoms with Gasteiger partial charge in [-0.15, -0.1) is 0 Å². The zero-order chi connectivity index (χ0) is 22.2. The van der Waals surface area contributed by atoms with Crippen molar-refractivity contribution in [3.63, 3.8) is 0 Å². The minimum atomic E-state index is -0.486. The average Bonchev–Trinajstić information content (AvgIpc) is 3.30. The Morgan fingerprint density at radius 3 is 2.42 bits per heavy atom. The Morgan fingerprint density at radius 1 is 1.03 bits per heavy atom. The first-order chi connectivity index (χ1) is 15.0. The van der Waals surface area contributed by atoms with E-state index in [1.807, 2.05) is 0 Å². The van der Waals surface area contributed by atoms with E-state index in [9.17, 15) is 9.59 Å². The lowest BCUT2D eigenvalue weighted by Gasteiger charge is -2.12. The minimum absolute atomic E-state index is 0.0312. The fourth-order valence-electron chi connectivity index (χ4n) is 2.73. The summed E-state index contributed by atoms with van der Waals surface area (Å²) < 4.78 is 15.7. The van der Waals surface area contributed by atoms with Crippen LogP contribution in [0.1, 0.15) is 21.7 Å². The monoisotopic (exact) mass is 440 g/mol. The largest absolute Gasteiger partial charge is 0.493 e. The number of hydrogen-bond donors (Lipinski definition) is 2. The van der Waals surface area contributed by atoms with Gasteiger partial charge in [0.2, 0.25) is 0 Å². The van der Waals surface area contributed by atoms with Gasteiger partial charge in [-0.1, -0.05) is 23.7 Å². The van der Waals surface area contributed by atoms with Crippen molar-refractivity contribution >= 4 is 29.5 Å². The summed E-state index contributed by atoms with van der Waals surface area (Å²) in [6, 6.07) is 15.2. The molecule has 160 valence electrons. The van der Waals surface area contributed by atoms with E-state index >= 15 is 0 Å². The third-order valence-electron chi connectivity index (χ3n) is 4.33. The summed E-state index contributed by atoms with van der Waals surface area (Å²) in [5.74, 6) is 0.356. The predicted octanol–water partition coefficient (Wildman–Crippen LogP) is 4.04. The number of hydrogen-bond acceptors (Lipinski definition) is 5. The van der Waals surface area contributed by atoms with E-state index in [2.05, 4.69) is 10.6 Å². The summed E-state index contributed by atoms with van der Waals surface area (Å²) in [5.41, 5.74) is 1.19. The molecule has 2 amide bonds. The van der Waals surface area contributed by atoms with Crippen LogP contribution in [-0.2, 0) is 11.3 Å². The van der Waals surface area contributed by atoms with Crippen molar-refractivity contribution in [2.45, 2.75) is 6.54 Å². The predicted molar refractivity (Wildman–Crippen MR) is 117 cm³/mol. The molecular weight excluding hydrogens is 420 g/mol. The van der Waals surface area contributed by atoms with Crippen LogP contribution in [0.4, 0.5) is 0 Å². The van der Waals surface area contributed by atoms with E-state index in [-0.39, 0.29) is 12.2 Å². The van der Waals surface area contributed by atoms with Gasteiger partial charge in [-0.05, 0) is 48.0 Å². The topological polar surface area (TPSA) is 89.8 Å². The zero-order valence-corrected chi connectivity index (χ0v) is 17.7. The highest BCUT2D eigenvalue weighted by Crippen LogP contribution is 2.27. The molecule has 0 saturated carbocycles. The average molecular weight is 441 g/mol. The molecule has 0 aliphatic carbocycles. The molecular formula is C23H21ClN2O5. The van der Waals surface area contributed by atoms with Crippen LogP contribution in [0.5, 0.6) is 11.5 Å². The number of carbonyl (C=O) groups is 2. The van der Waals surface area contributed by atoms with Gasteiger partial charge in [0.1, 0.15) is 11.5 Å². The molecule has 0 radical (unpaired) electrons. The molecule has 2 aromatic carbocycles. The van der Waals surface area contributed by atoms with Gasteiger partial charge in [0.25, 0.3) is 11.8 Å². The molecule has 2 N–H and O–H groups in total. The summed E-state index contributed by atoms with van der Waals surface area (Å²) in [6.45, 7) is 0.262. The molecule has 0 aliphatic rings. The molecule has 0 aliphatic heterocycles. The molecule has 1 aromatic heterocycles. The van der Waals surface area contributed by atoms with E-state index in [0.29, 0.717) is 27.8 Å². The lowest BCUT2D eigenvalue weighted by molar-refractivity contribution is -0.117. The summed E-state index contributed by atoms with van der Waals surface area (Å²) >= 11 is 5.89. The van der Waals surface area contributed by atoms with Crippen molar-refractivity contribution in [2.24, 2.45) is 0 Å². The van der Waals surface area contributed by atoms with Crippen LogP contribution < -0.4 is 20.1 Å². The van der Waals surface area contributed by atoms with Crippen LogP contribution in [0.2, 0.25) is 5.02 Å². The summed E-state index contributed by atoms with van der Waals surface area (Å²) in [7, 11) is 2.98. The van der Waals surface area contributed by atoms with Gasteiger partial charge in [0, 0.05) is 23.2 Å². The Hall–Kier alpha value is -3.71. The van der Waals surface area contributed by atoms with Gasteiger partial charge >= 0.3 is 0 Å². The number of amides is 2. The van der Waals surface area contributed by atoms with E-state index in [4.69, 9.17) is 25.5 Å². The van der Waals surface area contributed by atoms with Gasteiger partial charge in [-0.25, -0.2) is 0 Å². The molecule has 7 nitrogen and oxygen atoms in total. The van der Waals surface area contributed by atoms with Crippen LogP contribution in [-0.4, -0.2) is 26.0 Å². The van der Waals surface area contributed by atoms with Gasteiger partial charge in [-0.2, -0.15) is 0 Å². The summed E-state index contributed by atoms with van der Waals surface area (Å²) in [4.78, 5) is 25.6. The summed E-state index contributed by atoms with van der Waals surface area (Å²) in [6.07, 6.45) is 2.93. The van der Waals surface area contributed by atoms with Crippen molar-refractivity contribution in [1.82, 2.24) is 10.6 Å². The van der Waals surface area contributed by atoms with Crippen LogP contribution in [0.15, 0.2) is 71.0 Å². The minimum Gasteiger partial charge on any atom is -0.493 e. The van der Waals surface area contributed by atoms with E-state index in [1.165, 1.54) is 32.6 Å². The third-order valence-corrected chi connectivity index (χ3v) is 4.59. The van der Waals surface area contributed by atoms with Crippen LogP contribution in [0.3, 0.4) is 0 Å². The molecule has 0 saturated heterocycles. The molecule has 31 heavy (non-hydrogen) atoms. The SMILES string of the molecule is COc1ccc(C(=O)N/C(=C\c2ccco2)C(=O)NCc2ccc(Cl)cc2)cc1OC. The molecule has 3 aromatic rings. The van der Waals surface area contributed by atoms with Crippen molar-refractivity contribution in [2.75, 3.05) is 14.2 Å². The Labute approximate surface area is 184 Å². The molecule has 3 rings (SSSR count). The number of nitrogens with one attached hydrogen (secondary N) is 2. The Bertz CT molecular complexity index is 1080. The first-order valence-corrected chi connectivity index (χ1v) is 9.69. The molecule has 1 heterocycles. The number of halogens is 1. The number of carbonyl (C=O) groups excluding carboxylic acids is 2. The molecule has 0 bridgehead atoms. The number of methoxy groups -OCH3 is 2. The van der Waals surface area contributed by atoms with Gasteiger partial charge in [0.15, 0.2) is 11.5 Å². The standard InChI is InChI=1S/C23H21ClN2O5/c1-29-20-10-7-16(12-21(20)30-2)22(27)26-19(13-18-4-3-11-31-18)23(28)25-14-15-5-8-17(24)9-6-15/h3-13H,14H2,1-2H3,(H,25,28)(H,26,27)/b19-13-. The Balaban J connectivity index is 1.78. The highest BCUT2D eigenvalue weighted by Gasteiger charge is 2.17. The first-order valence-electron chi connectivity index (χ1n) is 9.31. The molecule has 8 heteroatoms. The van der Waals surface area contributed by atoms with E-state index in [0.717, 1.165) is 5.56 Å². The maximum Gasteiger partial charge on any atom is 0.268 e. The maximum absolute atomic E-state index is 12.8. The van der Waals surface area contributed by atoms with E-state index < -0.39 is 11.8 Å². The lowest BCUT2D eigenvalue weighted by Crippen LogP contribution is -2.34. The third kappa shape index (κ3) is 5.90. The van der Waals surface area contributed by atoms with Crippen LogP contribution in [0, 0.1) is 0 Å². The van der Waals surface area contributed by atoms with Crippen LogP contribution in [0.25, 0.3) is 6.08 Å². The van der Waals surface area contributed by atoms with Crippen LogP contribution >= 0.6 is 11.6 Å². The second kappa shape index (κ2) is 10.4. The van der Waals surface area contributed by atoms with Gasteiger partial charge in [0.05, 0.1) is 20.5 Å². The highest BCUT2D eigenvalue weighted by molar-refractivity contribution is 6.30. The Kier molecular flexibility index (Phi) is 7.35. The van der Waals surface area contributed by atoms with Gasteiger partial charge in [-0.3, -0.25) is 9.59 Å². The Morgan fingerprint density at radius 2 is 1.77 bits per heavy atom. The van der Waals surface area contributed by atoms with Crippen molar-refractivity contribution < 1.29 is 23.5 Å². The number of ether oxygens (including phenoxy) is 2. The fourth-order valence-corrected chi connectivity index (χ4v) is 2.85. The van der Waals surface area contributed by atoms with E-state index in [1.54, 1.807) is 48.5 Å². The van der Waals surface area contributed by atoms with Gasteiger partial charge < -0.3 is 24.5 Å². The molecule has 0 spiro atoms. The molecule has 0 atom stereocenters. The fraction of sp³-hybridized carbons (Fsp3) is 0.130. The number of benzene rings is 2. The maximum atomic E-state index is 12.8. The number of furan rings is 1. The second-order valence-electron chi connectivity index (χ2n) is 6.41. The zero-order valence-electron chi connectivity index (χ0n) is 17.0. The quantitative estimate of drug-likeness (QED) is 0.516. The normalized spacial score (nSPS) is 11.0. The number of rotatable bonds is 8. The van der Waals surface area contributed by atoms with Crippen molar-refractivity contribution in [1.29, 1.82) is 0 Å². The molecule has 0 fully saturated rings. The summed E-state index contributed by atoms with van der Waals surface area (Å²) in [5, 5.41) is 6.02. The molecule has 0 unspecified atom stereocenters.